The summed E-state index contributed by atoms with van der Waals surface area (Å²) in [4.78, 5) is 30.5. The zero-order chi connectivity index (χ0) is 26.5. The first-order valence-electron chi connectivity index (χ1n) is 12.3. The van der Waals surface area contributed by atoms with E-state index in [0.29, 0.717) is 54.6 Å². The van der Waals surface area contributed by atoms with Gasteiger partial charge in [-0.25, -0.2) is 0 Å². The lowest BCUT2D eigenvalue weighted by Gasteiger charge is -2.29. The lowest BCUT2D eigenvalue weighted by molar-refractivity contribution is -0.140. The van der Waals surface area contributed by atoms with E-state index in [1.165, 1.54) is 12.0 Å². The van der Waals surface area contributed by atoms with Gasteiger partial charge in [0.05, 0.1) is 46.2 Å². The molecule has 2 aliphatic rings. The highest BCUT2D eigenvalue weighted by molar-refractivity contribution is 6.46. The molecule has 0 aromatic heterocycles. The second kappa shape index (κ2) is 11.7. The Kier molecular flexibility index (Phi) is 8.35. The van der Waals surface area contributed by atoms with Crippen molar-refractivity contribution in [3.63, 3.8) is 0 Å². The van der Waals surface area contributed by atoms with Gasteiger partial charge in [-0.1, -0.05) is 0 Å². The Morgan fingerprint density at radius 2 is 1.70 bits per heavy atom. The van der Waals surface area contributed by atoms with Gasteiger partial charge in [0.1, 0.15) is 23.0 Å². The molecule has 198 valence electrons. The van der Waals surface area contributed by atoms with Gasteiger partial charge in [-0.2, -0.15) is 0 Å². The van der Waals surface area contributed by atoms with Gasteiger partial charge in [0.15, 0.2) is 0 Å². The number of Topliss-reactive ketones (excluding diaryl/α,β-unsaturated/α-hetero) is 1. The molecule has 2 aliphatic heterocycles. The molecule has 9 heteroatoms. The molecule has 9 nitrogen and oxygen atoms in total. The van der Waals surface area contributed by atoms with Gasteiger partial charge in [0, 0.05) is 43.4 Å². The number of morpholine rings is 1. The molecule has 2 aromatic rings. The van der Waals surface area contributed by atoms with E-state index in [1.54, 1.807) is 50.6 Å². The van der Waals surface area contributed by atoms with Crippen LogP contribution in [0.4, 0.5) is 0 Å². The molecule has 2 heterocycles. The van der Waals surface area contributed by atoms with Crippen LogP contribution in [0.2, 0.25) is 0 Å². The van der Waals surface area contributed by atoms with Gasteiger partial charge < -0.3 is 29.0 Å². The highest BCUT2D eigenvalue weighted by atomic mass is 16.5. The number of ether oxygens (including phenoxy) is 4. The number of carbonyl (C=O) groups is 2. The fourth-order valence-electron chi connectivity index (χ4n) is 4.95. The Hall–Kier alpha value is -3.56. The number of amides is 1. The summed E-state index contributed by atoms with van der Waals surface area (Å²) in [6, 6.07) is 9.57. The molecular formula is C28H34N2O7. The first-order valence-corrected chi connectivity index (χ1v) is 12.3. The summed E-state index contributed by atoms with van der Waals surface area (Å²) in [5.74, 6) is 0.102. The van der Waals surface area contributed by atoms with Crippen LogP contribution in [0.5, 0.6) is 17.2 Å². The van der Waals surface area contributed by atoms with Crippen molar-refractivity contribution in [2.75, 3.05) is 60.7 Å². The quantitative estimate of drug-likeness (QED) is 0.312. The van der Waals surface area contributed by atoms with Crippen LogP contribution in [0.25, 0.3) is 5.76 Å². The van der Waals surface area contributed by atoms with E-state index < -0.39 is 17.7 Å². The third kappa shape index (κ3) is 5.42. The molecule has 1 atom stereocenters. The second-order valence-electron chi connectivity index (χ2n) is 9.09. The van der Waals surface area contributed by atoms with E-state index in [2.05, 4.69) is 4.90 Å². The number of rotatable bonds is 9. The number of benzene rings is 2. The Labute approximate surface area is 217 Å². The molecule has 0 saturated carbocycles. The lowest BCUT2D eigenvalue weighted by atomic mass is 9.94. The number of methoxy groups -OCH3 is 3. The largest absolute Gasteiger partial charge is 0.507 e. The Bertz CT molecular complexity index is 1190. The molecule has 2 aromatic carbocycles. The van der Waals surface area contributed by atoms with E-state index in [0.717, 1.165) is 25.2 Å². The maximum Gasteiger partial charge on any atom is 0.295 e. The van der Waals surface area contributed by atoms with Crippen LogP contribution >= 0.6 is 0 Å². The van der Waals surface area contributed by atoms with Crippen molar-refractivity contribution in [1.29, 1.82) is 0 Å². The van der Waals surface area contributed by atoms with Crippen molar-refractivity contribution in [3.05, 3.63) is 58.7 Å². The first-order chi connectivity index (χ1) is 17.9. The molecule has 0 aliphatic carbocycles. The number of ketones is 1. The summed E-state index contributed by atoms with van der Waals surface area (Å²) in [5, 5.41) is 11.4. The Morgan fingerprint density at radius 3 is 2.35 bits per heavy atom. The van der Waals surface area contributed by atoms with Gasteiger partial charge in [-0.3, -0.25) is 14.5 Å². The average Bonchev–Trinajstić information content (AvgIpc) is 3.17. The van der Waals surface area contributed by atoms with Crippen molar-refractivity contribution < 1.29 is 33.6 Å². The van der Waals surface area contributed by atoms with E-state index in [4.69, 9.17) is 18.9 Å². The zero-order valence-corrected chi connectivity index (χ0v) is 21.8. The van der Waals surface area contributed by atoms with Gasteiger partial charge in [-0.05, 0) is 49.2 Å². The summed E-state index contributed by atoms with van der Waals surface area (Å²) < 4.78 is 21.7. The van der Waals surface area contributed by atoms with E-state index in [9.17, 15) is 14.7 Å². The van der Waals surface area contributed by atoms with Gasteiger partial charge in [0.25, 0.3) is 11.7 Å². The van der Waals surface area contributed by atoms with Crippen LogP contribution < -0.4 is 14.2 Å². The van der Waals surface area contributed by atoms with Crippen LogP contribution in [0.15, 0.2) is 42.0 Å². The fourth-order valence-corrected chi connectivity index (χ4v) is 4.95. The Morgan fingerprint density at radius 1 is 0.973 bits per heavy atom. The monoisotopic (exact) mass is 510 g/mol. The maximum atomic E-state index is 13.4. The highest BCUT2D eigenvalue weighted by Gasteiger charge is 2.47. The molecule has 0 unspecified atom stereocenters. The lowest BCUT2D eigenvalue weighted by Crippen LogP contribution is -2.39. The number of aryl methyl sites for hydroxylation is 1. The van der Waals surface area contributed by atoms with E-state index in [1.807, 2.05) is 6.92 Å². The average molecular weight is 511 g/mol. The number of carbonyl (C=O) groups excluding carboxylic acids is 2. The maximum absolute atomic E-state index is 13.4. The number of hydrogen-bond donors (Lipinski definition) is 1. The number of hydrogen-bond acceptors (Lipinski definition) is 8. The minimum atomic E-state index is -0.812. The number of likely N-dealkylation sites (tertiary alicyclic amines) is 1. The highest BCUT2D eigenvalue weighted by Crippen LogP contribution is 2.44. The molecule has 37 heavy (non-hydrogen) atoms. The van der Waals surface area contributed by atoms with Crippen molar-refractivity contribution >= 4 is 17.4 Å². The Balaban J connectivity index is 1.75. The van der Waals surface area contributed by atoms with Crippen LogP contribution in [0.1, 0.15) is 29.2 Å². The van der Waals surface area contributed by atoms with Crippen molar-refractivity contribution in [3.8, 4) is 17.2 Å². The SMILES string of the molecule is COc1ccc([C@@H]2C(=C(O)c3ccc(OC)c(C)c3)C(=O)C(=O)N2CCCN2CCOCC2)c(OC)c1. The van der Waals surface area contributed by atoms with Gasteiger partial charge in [-0.15, -0.1) is 0 Å². The topological polar surface area (TPSA) is 97.8 Å². The van der Waals surface area contributed by atoms with Crippen molar-refractivity contribution in [2.45, 2.75) is 19.4 Å². The number of aliphatic hydroxyl groups is 1. The van der Waals surface area contributed by atoms with E-state index in [-0.39, 0.29) is 11.3 Å². The van der Waals surface area contributed by atoms with Crippen LogP contribution in [0.3, 0.4) is 0 Å². The molecule has 0 radical (unpaired) electrons. The minimum Gasteiger partial charge on any atom is -0.507 e. The fraction of sp³-hybridized carbons (Fsp3) is 0.429. The molecule has 2 fully saturated rings. The summed E-state index contributed by atoms with van der Waals surface area (Å²) in [5.41, 5.74) is 1.86. The molecule has 4 rings (SSSR count). The normalized spacial score (nSPS) is 19.8. The molecule has 2 saturated heterocycles. The van der Waals surface area contributed by atoms with E-state index >= 15 is 0 Å². The number of aliphatic hydroxyl groups excluding tert-OH is 1. The number of nitrogens with zero attached hydrogens (tertiary/aromatic N) is 2. The summed E-state index contributed by atoms with van der Waals surface area (Å²) in [7, 11) is 4.65. The molecule has 0 spiro atoms. The van der Waals surface area contributed by atoms with Gasteiger partial charge in [0.2, 0.25) is 0 Å². The third-order valence-corrected chi connectivity index (χ3v) is 6.92. The van der Waals surface area contributed by atoms with Crippen molar-refractivity contribution in [2.24, 2.45) is 0 Å². The molecule has 1 N–H and O–H groups in total. The van der Waals surface area contributed by atoms with Gasteiger partial charge >= 0.3 is 0 Å². The summed E-state index contributed by atoms with van der Waals surface area (Å²) in [6.07, 6.45) is 0.670. The molecule has 1 amide bonds. The first kappa shape index (κ1) is 26.5. The van der Waals surface area contributed by atoms with Crippen LogP contribution in [-0.4, -0.2) is 87.3 Å². The summed E-state index contributed by atoms with van der Waals surface area (Å²) in [6.45, 7) is 6.03. The van der Waals surface area contributed by atoms with Crippen molar-refractivity contribution in [1.82, 2.24) is 9.80 Å². The second-order valence-corrected chi connectivity index (χ2v) is 9.09. The van der Waals surface area contributed by atoms with Crippen LogP contribution in [-0.2, 0) is 14.3 Å². The predicted octanol–water partition coefficient (Wildman–Crippen LogP) is 3.16. The smallest absolute Gasteiger partial charge is 0.295 e. The standard InChI is InChI=1S/C28H34N2O7/c1-18-16-19(6-9-22(18)35-3)26(31)24-25(21-8-7-20(34-2)17-23(21)36-4)30(28(33)27(24)32)11-5-10-29-12-14-37-15-13-29/h6-9,16-17,25,31H,5,10-15H2,1-4H3/t25-/m1/s1. The minimum absolute atomic E-state index is 0.0319. The zero-order valence-electron chi connectivity index (χ0n) is 21.8. The molecular weight excluding hydrogens is 476 g/mol. The third-order valence-electron chi connectivity index (χ3n) is 6.92. The predicted molar refractivity (Wildman–Crippen MR) is 138 cm³/mol. The van der Waals surface area contributed by atoms with Crippen LogP contribution in [0, 0.1) is 6.92 Å². The molecule has 0 bridgehead atoms. The summed E-state index contributed by atoms with van der Waals surface area (Å²) >= 11 is 0.